The van der Waals surface area contributed by atoms with Crippen LogP contribution in [0.15, 0.2) is 58.8 Å². The summed E-state index contributed by atoms with van der Waals surface area (Å²) in [6, 6.07) is 14.2. The van der Waals surface area contributed by atoms with E-state index in [4.69, 9.17) is 16.7 Å². The number of hydrogen-bond donors (Lipinski definition) is 1. The molecule has 0 fully saturated rings. The van der Waals surface area contributed by atoms with Crippen molar-refractivity contribution in [2.45, 2.75) is 46.1 Å². The monoisotopic (exact) mass is 450 g/mol. The molecule has 0 radical (unpaired) electrons. The summed E-state index contributed by atoms with van der Waals surface area (Å²) in [7, 11) is 0. The highest BCUT2D eigenvalue weighted by molar-refractivity contribution is 7.80. The maximum absolute atomic E-state index is 13.3. The Morgan fingerprint density at radius 2 is 1.78 bits per heavy atom. The first kappa shape index (κ1) is 22.1. The second kappa shape index (κ2) is 9.61. The van der Waals surface area contributed by atoms with Gasteiger partial charge in [0.25, 0.3) is 5.89 Å². The van der Waals surface area contributed by atoms with Crippen molar-refractivity contribution in [1.82, 2.24) is 20.4 Å². The van der Waals surface area contributed by atoms with Crippen LogP contribution in [0, 0.1) is 12.7 Å². The van der Waals surface area contributed by atoms with Gasteiger partial charge in [-0.2, -0.15) is 4.98 Å². The van der Waals surface area contributed by atoms with Crippen LogP contribution in [0.1, 0.15) is 56.2 Å². The molecule has 0 amide bonds. The molecule has 0 saturated carbocycles. The van der Waals surface area contributed by atoms with Crippen molar-refractivity contribution in [2.75, 3.05) is 6.54 Å². The van der Waals surface area contributed by atoms with E-state index in [0.29, 0.717) is 22.4 Å². The van der Waals surface area contributed by atoms with Gasteiger partial charge in [-0.1, -0.05) is 54.8 Å². The lowest BCUT2D eigenvalue weighted by atomic mass is 9.94. The van der Waals surface area contributed by atoms with E-state index in [-0.39, 0.29) is 11.9 Å². The second-order valence-corrected chi connectivity index (χ2v) is 8.47. The van der Waals surface area contributed by atoms with Gasteiger partial charge in [-0.05, 0) is 62.3 Å². The molecule has 7 heteroatoms. The molecule has 0 saturated heterocycles. The first-order chi connectivity index (χ1) is 15.5. The van der Waals surface area contributed by atoms with Gasteiger partial charge in [-0.25, -0.2) is 4.39 Å². The molecule has 1 unspecified atom stereocenters. The summed E-state index contributed by atoms with van der Waals surface area (Å²) >= 11 is 5.73. The quantitative estimate of drug-likeness (QED) is 0.350. The molecule has 2 heterocycles. The van der Waals surface area contributed by atoms with Crippen molar-refractivity contribution in [3.8, 4) is 11.4 Å². The van der Waals surface area contributed by atoms with Crippen molar-refractivity contribution in [2.24, 2.45) is 0 Å². The van der Waals surface area contributed by atoms with E-state index in [1.54, 1.807) is 12.1 Å². The minimum Gasteiger partial charge on any atom is -0.351 e. The molecule has 1 atom stereocenters. The molecule has 2 aromatic carbocycles. The van der Waals surface area contributed by atoms with E-state index in [1.807, 2.05) is 0 Å². The Bertz CT molecular complexity index is 1120. The number of thiocarbonyl (C=S) groups is 1. The Labute approximate surface area is 193 Å². The zero-order chi connectivity index (χ0) is 22.7. The van der Waals surface area contributed by atoms with Crippen molar-refractivity contribution in [1.29, 1.82) is 0 Å². The van der Waals surface area contributed by atoms with Crippen LogP contribution in [0.2, 0.25) is 0 Å². The zero-order valence-electron chi connectivity index (χ0n) is 18.6. The highest BCUT2D eigenvalue weighted by atomic mass is 32.1. The van der Waals surface area contributed by atoms with E-state index in [1.165, 1.54) is 17.7 Å². The summed E-state index contributed by atoms with van der Waals surface area (Å²) in [5.41, 5.74) is 4.86. The van der Waals surface area contributed by atoms with Crippen molar-refractivity contribution in [3.05, 3.63) is 77.1 Å². The molecule has 1 aromatic heterocycles. The van der Waals surface area contributed by atoms with Crippen LogP contribution >= 0.6 is 12.2 Å². The number of allylic oxidation sites excluding steroid dienone is 1. The van der Waals surface area contributed by atoms with Crippen LogP contribution in [0.3, 0.4) is 0 Å². The number of halogens is 1. The number of unbranched alkanes of at least 4 members (excludes halogenated alkanes) is 2. The van der Waals surface area contributed by atoms with Crippen LogP contribution in [0.25, 0.3) is 17.0 Å². The molecular weight excluding hydrogens is 423 g/mol. The third kappa shape index (κ3) is 4.58. The zero-order valence-corrected chi connectivity index (χ0v) is 19.4. The maximum atomic E-state index is 13.3. The fourth-order valence-electron chi connectivity index (χ4n) is 3.91. The molecule has 32 heavy (non-hydrogen) atoms. The predicted molar refractivity (Wildman–Crippen MR) is 128 cm³/mol. The summed E-state index contributed by atoms with van der Waals surface area (Å²) in [6.07, 6.45) is 3.32. The van der Waals surface area contributed by atoms with E-state index in [9.17, 15) is 4.39 Å². The number of hydrogen-bond acceptors (Lipinski definition) is 4. The smallest absolute Gasteiger partial charge is 0.258 e. The van der Waals surface area contributed by atoms with Gasteiger partial charge in [0.15, 0.2) is 5.11 Å². The van der Waals surface area contributed by atoms with Gasteiger partial charge in [-0.15, -0.1) is 0 Å². The van der Waals surface area contributed by atoms with E-state index in [0.717, 1.165) is 42.6 Å². The van der Waals surface area contributed by atoms with E-state index < -0.39 is 0 Å². The fraction of sp³-hybridized carbons (Fsp3) is 0.320. The Hall–Kier alpha value is -3.06. The Morgan fingerprint density at radius 1 is 1.06 bits per heavy atom. The summed E-state index contributed by atoms with van der Waals surface area (Å²) in [6.45, 7) is 7.13. The number of nitrogens with one attached hydrogen (secondary N) is 1. The molecule has 0 aliphatic carbocycles. The largest absolute Gasteiger partial charge is 0.351 e. The standard InChI is InChI=1S/C25H27FN4OS/c1-4-5-6-15-30-17(3)21(22(27-25(30)32)18-9-7-16(2)8-10-18)24-28-23(29-31-24)19-11-13-20(26)14-12-19/h7-14,22H,4-6,15H2,1-3H3,(H,27,32). The summed E-state index contributed by atoms with van der Waals surface area (Å²) in [5.74, 6) is 0.555. The second-order valence-electron chi connectivity index (χ2n) is 8.08. The van der Waals surface area contributed by atoms with Gasteiger partial charge in [-0.3, -0.25) is 0 Å². The summed E-state index contributed by atoms with van der Waals surface area (Å²) in [4.78, 5) is 6.78. The predicted octanol–water partition coefficient (Wildman–Crippen LogP) is 6.04. The molecule has 0 bridgehead atoms. The van der Waals surface area contributed by atoms with Crippen LogP contribution in [0.4, 0.5) is 4.39 Å². The first-order valence-electron chi connectivity index (χ1n) is 10.9. The Balaban J connectivity index is 1.76. The topological polar surface area (TPSA) is 54.2 Å². The van der Waals surface area contributed by atoms with Gasteiger partial charge >= 0.3 is 0 Å². The van der Waals surface area contributed by atoms with E-state index >= 15 is 0 Å². The highest BCUT2D eigenvalue weighted by Crippen LogP contribution is 2.37. The van der Waals surface area contributed by atoms with Crippen molar-refractivity contribution >= 4 is 22.9 Å². The first-order valence-corrected chi connectivity index (χ1v) is 11.3. The third-order valence-corrected chi connectivity index (χ3v) is 6.09. The molecule has 4 rings (SSSR count). The summed E-state index contributed by atoms with van der Waals surface area (Å²) < 4.78 is 19.0. The normalized spacial score (nSPS) is 16.4. The lowest BCUT2D eigenvalue weighted by Crippen LogP contribution is -2.46. The van der Waals surface area contributed by atoms with Crippen LogP contribution in [-0.2, 0) is 0 Å². The highest BCUT2D eigenvalue weighted by Gasteiger charge is 2.33. The molecule has 0 spiro atoms. The number of aryl methyl sites for hydroxylation is 1. The Morgan fingerprint density at radius 3 is 2.47 bits per heavy atom. The van der Waals surface area contributed by atoms with Crippen LogP contribution in [0.5, 0.6) is 0 Å². The fourth-order valence-corrected chi connectivity index (χ4v) is 4.25. The lowest BCUT2D eigenvalue weighted by Gasteiger charge is -2.37. The van der Waals surface area contributed by atoms with E-state index in [2.05, 4.69) is 65.4 Å². The van der Waals surface area contributed by atoms with Crippen LogP contribution < -0.4 is 5.32 Å². The average molecular weight is 451 g/mol. The number of nitrogens with zero attached hydrogens (tertiary/aromatic N) is 3. The van der Waals surface area contributed by atoms with Crippen molar-refractivity contribution < 1.29 is 8.91 Å². The molecule has 5 nitrogen and oxygen atoms in total. The number of aromatic nitrogens is 2. The van der Waals surface area contributed by atoms with Gasteiger partial charge in [0.05, 0.1) is 11.6 Å². The SMILES string of the molecule is CCCCCN1C(=S)NC(c2ccc(C)cc2)C(c2nc(-c3ccc(F)cc3)no2)=C1C. The Kier molecular flexibility index (Phi) is 6.65. The molecule has 1 N–H and O–H groups in total. The van der Waals surface area contributed by atoms with Gasteiger partial charge < -0.3 is 14.7 Å². The molecule has 1 aliphatic rings. The molecule has 3 aromatic rings. The third-order valence-electron chi connectivity index (χ3n) is 5.75. The minimum absolute atomic E-state index is 0.202. The lowest BCUT2D eigenvalue weighted by molar-refractivity contribution is 0.395. The maximum Gasteiger partial charge on any atom is 0.258 e. The minimum atomic E-state index is -0.303. The van der Waals surface area contributed by atoms with Crippen LogP contribution in [-0.4, -0.2) is 26.7 Å². The van der Waals surface area contributed by atoms with Crippen molar-refractivity contribution in [3.63, 3.8) is 0 Å². The van der Waals surface area contributed by atoms with Gasteiger partial charge in [0, 0.05) is 17.8 Å². The van der Waals surface area contributed by atoms with Gasteiger partial charge in [0.2, 0.25) is 5.82 Å². The summed E-state index contributed by atoms with van der Waals surface area (Å²) in [5, 5.41) is 8.35. The average Bonchev–Trinajstić information content (AvgIpc) is 3.26. The molecular formula is C25H27FN4OS. The molecule has 1 aliphatic heterocycles. The number of benzene rings is 2. The number of rotatable bonds is 7. The molecule has 166 valence electrons. The van der Waals surface area contributed by atoms with Gasteiger partial charge in [0.1, 0.15) is 5.82 Å².